The lowest BCUT2D eigenvalue weighted by molar-refractivity contribution is -0.144. The lowest BCUT2D eigenvalue weighted by Gasteiger charge is -2.20. The molecule has 1 heterocycles. The van der Waals surface area contributed by atoms with Gasteiger partial charge in [0, 0.05) is 40.7 Å². The highest BCUT2D eigenvalue weighted by atomic mass is 35.5. The molecule has 220 valence electrons. The SMILES string of the molecule is COC(=O)C(CO)NCc1cc(Cl)c(C[C@H]2CCc3c(-c4ccccc4F)cccc32)cc1OCc1cncc(C#N)c1. The minimum absolute atomic E-state index is 0.162. The van der Waals surface area contributed by atoms with Crippen molar-refractivity contribution in [3.63, 3.8) is 0 Å². The number of hydrogen-bond acceptors (Lipinski definition) is 7. The molecular formula is C34H31ClFN3O4. The van der Waals surface area contributed by atoms with E-state index in [9.17, 15) is 19.6 Å². The van der Waals surface area contributed by atoms with E-state index in [1.165, 1.54) is 24.9 Å². The molecule has 2 N–H and O–H groups in total. The van der Waals surface area contributed by atoms with Crippen LogP contribution >= 0.6 is 11.6 Å². The Bertz CT molecular complexity index is 1670. The Labute approximate surface area is 254 Å². The molecule has 0 saturated carbocycles. The molecule has 9 heteroatoms. The number of aliphatic hydroxyl groups excluding tert-OH is 1. The van der Waals surface area contributed by atoms with Gasteiger partial charge >= 0.3 is 5.97 Å². The predicted molar refractivity (Wildman–Crippen MR) is 161 cm³/mol. The second kappa shape index (κ2) is 13.8. The van der Waals surface area contributed by atoms with E-state index < -0.39 is 18.6 Å². The largest absolute Gasteiger partial charge is 0.489 e. The predicted octanol–water partition coefficient (Wildman–Crippen LogP) is 5.89. The minimum atomic E-state index is -0.911. The number of esters is 1. The lowest BCUT2D eigenvalue weighted by Crippen LogP contribution is -2.40. The first-order valence-corrected chi connectivity index (χ1v) is 14.4. The molecule has 0 bridgehead atoms. The number of benzene rings is 3. The standard InChI is InChI=1S/C34H31ClFN3O4/c1-42-34(41)32(19-40)39-18-25-13-30(35)24(14-33(25)43-20-22-11-21(15-37)16-38-17-22)12-23-9-10-28-26(23)6-4-7-27(28)29-5-2-3-8-31(29)36/h2-8,11,13-14,16-17,23,32,39-40H,9-10,12,18-20H2,1H3/t23-,32?/m1/s1. The van der Waals surface area contributed by atoms with Crippen LogP contribution in [-0.2, 0) is 35.5 Å². The molecule has 0 aliphatic heterocycles. The topological polar surface area (TPSA) is 104 Å². The van der Waals surface area contributed by atoms with E-state index in [0.29, 0.717) is 33.9 Å². The first-order valence-electron chi connectivity index (χ1n) is 14.0. The second-order valence-electron chi connectivity index (χ2n) is 10.5. The first kappa shape index (κ1) is 30.2. The molecule has 0 saturated heterocycles. The van der Waals surface area contributed by atoms with Crippen molar-refractivity contribution in [2.45, 2.75) is 44.4 Å². The van der Waals surface area contributed by atoms with Gasteiger partial charge in [0.05, 0.1) is 19.3 Å². The van der Waals surface area contributed by atoms with Crippen molar-refractivity contribution in [2.75, 3.05) is 13.7 Å². The Morgan fingerprint density at radius 1 is 1.16 bits per heavy atom. The average molecular weight is 600 g/mol. The van der Waals surface area contributed by atoms with Crippen molar-refractivity contribution in [1.82, 2.24) is 10.3 Å². The number of nitriles is 1. The summed E-state index contributed by atoms with van der Waals surface area (Å²) in [5.74, 6) is -0.0824. The maximum absolute atomic E-state index is 14.7. The van der Waals surface area contributed by atoms with E-state index in [4.69, 9.17) is 21.1 Å². The van der Waals surface area contributed by atoms with Gasteiger partial charge in [0.15, 0.2) is 0 Å². The van der Waals surface area contributed by atoms with Crippen LogP contribution < -0.4 is 10.1 Å². The number of halogens is 2. The number of aromatic nitrogens is 1. The summed E-state index contributed by atoms with van der Waals surface area (Å²) in [5, 5.41) is 22.4. The molecule has 3 aromatic carbocycles. The molecule has 1 aromatic heterocycles. The van der Waals surface area contributed by atoms with Crippen molar-refractivity contribution in [1.29, 1.82) is 5.26 Å². The summed E-state index contributed by atoms with van der Waals surface area (Å²) in [4.78, 5) is 16.1. The fourth-order valence-corrected chi connectivity index (χ4v) is 5.87. The van der Waals surface area contributed by atoms with Gasteiger partial charge in [0.1, 0.15) is 30.3 Å². The van der Waals surface area contributed by atoms with Gasteiger partial charge in [-0.3, -0.25) is 15.1 Å². The number of carbonyl (C=O) groups excluding carboxylic acids is 1. The summed E-state index contributed by atoms with van der Waals surface area (Å²) in [5.41, 5.74) is 6.61. The number of carbonyl (C=O) groups is 1. The summed E-state index contributed by atoms with van der Waals surface area (Å²) >= 11 is 6.83. The number of aliphatic hydroxyl groups is 1. The Balaban J connectivity index is 1.43. The molecule has 2 atom stereocenters. The number of nitrogens with one attached hydrogen (secondary N) is 1. The van der Waals surface area contributed by atoms with Crippen LogP contribution in [0.2, 0.25) is 5.02 Å². The third-order valence-corrected chi connectivity index (χ3v) is 8.13. The fraction of sp³-hybridized carbons (Fsp3) is 0.265. The maximum atomic E-state index is 14.7. The second-order valence-corrected chi connectivity index (χ2v) is 10.9. The first-order chi connectivity index (χ1) is 20.9. The third-order valence-electron chi connectivity index (χ3n) is 7.78. The van der Waals surface area contributed by atoms with Gasteiger partial charge in [-0.1, -0.05) is 48.0 Å². The van der Waals surface area contributed by atoms with Gasteiger partial charge in [0.2, 0.25) is 0 Å². The summed E-state index contributed by atoms with van der Waals surface area (Å²) in [7, 11) is 1.26. The van der Waals surface area contributed by atoms with Gasteiger partial charge in [-0.05, 0) is 71.7 Å². The molecule has 1 unspecified atom stereocenters. The minimum Gasteiger partial charge on any atom is -0.489 e. The van der Waals surface area contributed by atoms with Gasteiger partial charge in [-0.2, -0.15) is 5.26 Å². The van der Waals surface area contributed by atoms with Crippen LogP contribution in [0.3, 0.4) is 0 Å². The van der Waals surface area contributed by atoms with Crippen LogP contribution in [0.5, 0.6) is 5.75 Å². The van der Waals surface area contributed by atoms with Crippen molar-refractivity contribution in [2.24, 2.45) is 0 Å². The van der Waals surface area contributed by atoms with Crippen LogP contribution in [0.15, 0.2) is 73.1 Å². The number of hydrogen-bond donors (Lipinski definition) is 2. The van der Waals surface area contributed by atoms with Crippen molar-refractivity contribution < 1.29 is 23.8 Å². The van der Waals surface area contributed by atoms with Crippen molar-refractivity contribution >= 4 is 17.6 Å². The Hall–Kier alpha value is -4.29. The summed E-state index contributed by atoms with van der Waals surface area (Å²) < 4.78 is 25.7. The summed E-state index contributed by atoms with van der Waals surface area (Å²) in [6.07, 6.45) is 5.52. The smallest absolute Gasteiger partial charge is 0.325 e. The Kier molecular flexibility index (Phi) is 9.68. The lowest BCUT2D eigenvalue weighted by atomic mass is 9.90. The summed E-state index contributed by atoms with van der Waals surface area (Å²) in [6.45, 7) is -0.0864. The molecular weight excluding hydrogens is 569 g/mol. The van der Waals surface area contributed by atoms with E-state index in [0.717, 1.165) is 35.1 Å². The Morgan fingerprint density at radius 3 is 2.74 bits per heavy atom. The molecule has 7 nitrogen and oxygen atoms in total. The van der Waals surface area contributed by atoms with Crippen LogP contribution in [-0.4, -0.2) is 35.8 Å². The molecule has 0 radical (unpaired) electrons. The zero-order valence-corrected chi connectivity index (χ0v) is 24.4. The zero-order chi connectivity index (χ0) is 30.3. The van der Waals surface area contributed by atoms with Crippen LogP contribution in [0.1, 0.15) is 45.7 Å². The molecule has 0 spiro atoms. The van der Waals surface area contributed by atoms with E-state index in [2.05, 4.69) is 22.4 Å². The van der Waals surface area contributed by atoms with E-state index >= 15 is 0 Å². The highest BCUT2D eigenvalue weighted by molar-refractivity contribution is 6.31. The van der Waals surface area contributed by atoms with Crippen molar-refractivity contribution in [3.05, 3.63) is 117 Å². The van der Waals surface area contributed by atoms with Crippen LogP contribution in [0, 0.1) is 17.1 Å². The fourth-order valence-electron chi connectivity index (χ4n) is 5.60. The number of rotatable bonds is 11. The van der Waals surface area contributed by atoms with E-state index in [1.54, 1.807) is 24.4 Å². The number of ether oxygens (including phenoxy) is 2. The third kappa shape index (κ3) is 6.86. The number of nitrogens with zero attached hydrogens (tertiary/aromatic N) is 2. The van der Waals surface area contributed by atoms with Crippen LogP contribution in [0.25, 0.3) is 11.1 Å². The molecule has 4 aromatic rings. The normalized spacial score (nSPS) is 14.5. The van der Waals surface area contributed by atoms with E-state index in [1.807, 2.05) is 30.3 Å². The highest BCUT2D eigenvalue weighted by Gasteiger charge is 2.27. The highest BCUT2D eigenvalue weighted by Crippen LogP contribution is 2.42. The number of fused-ring (bicyclic) bond motifs is 1. The quantitative estimate of drug-likeness (QED) is 0.207. The monoisotopic (exact) mass is 599 g/mol. The molecule has 0 fully saturated rings. The van der Waals surface area contributed by atoms with Gasteiger partial charge in [0.25, 0.3) is 0 Å². The summed E-state index contributed by atoms with van der Waals surface area (Å²) in [6, 6.07) is 19.5. The number of methoxy groups -OCH3 is 1. The molecule has 1 aliphatic rings. The number of pyridine rings is 1. The van der Waals surface area contributed by atoms with Gasteiger partial charge in [-0.25, -0.2) is 4.39 Å². The van der Waals surface area contributed by atoms with Gasteiger partial charge in [-0.15, -0.1) is 0 Å². The van der Waals surface area contributed by atoms with Gasteiger partial charge < -0.3 is 14.6 Å². The average Bonchev–Trinajstić information content (AvgIpc) is 3.44. The molecule has 43 heavy (non-hydrogen) atoms. The maximum Gasteiger partial charge on any atom is 0.325 e. The Morgan fingerprint density at radius 2 is 1.98 bits per heavy atom. The van der Waals surface area contributed by atoms with Crippen molar-refractivity contribution in [3.8, 4) is 22.9 Å². The zero-order valence-electron chi connectivity index (χ0n) is 23.6. The molecule has 5 rings (SSSR count). The molecule has 0 amide bonds. The van der Waals surface area contributed by atoms with E-state index in [-0.39, 0.29) is 24.9 Å². The molecule has 1 aliphatic carbocycles. The van der Waals surface area contributed by atoms with Crippen LogP contribution in [0.4, 0.5) is 4.39 Å².